The molecule has 1 aromatic carbocycles. The third-order valence-electron chi connectivity index (χ3n) is 2.45. The van der Waals surface area contributed by atoms with Crippen molar-refractivity contribution in [3.05, 3.63) is 50.9 Å². The monoisotopic (exact) mass is 309 g/mol. The average Bonchev–Trinajstić information content (AvgIpc) is 2.81. The zero-order chi connectivity index (χ0) is 14.5. The maximum absolute atomic E-state index is 10.6. The Balaban J connectivity index is 2.18. The highest BCUT2D eigenvalue weighted by Crippen LogP contribution is 2.28. The van der Waals surface area contributed by atoms with E-state index in [2.05, 4.69) is 4.98 Å². The molecule has 0 amide bonds. The summed E-state index contributed by atoms with van der Waals surface area (Å²) in [4.78, 5) is 14.9. The SMILES string of the molecule is Cc1nc(COc2cccc(Cl)c2/C=C/C(=O)O)cs1. The molecule has 1 aromatic heterocycles. The molecule has 0 atom stereocenters. The molecule has 0 spiro atoms. The fraction of sp³-hybridized carbons (Fsp3) is 0.143. The third kappa shape index (κ3) is 3.82. The van der Waals surface area contributed by atoms with Gasteiger partial charge in [0.05, 0.1) is 15.7 Å². The predicted octanol–water partition coefficient (Wildman–Crippen LogP) is 3.78. The van der Waals surface area contributed by atoms with Crippen LogP contribution in [0.2, 0.25) is 5.02 Å². The van der Waals surface area contributed by atoms with Gasteiger partial charge >= 0.3 is 5.97 Å². The average molecular weight is 310 g/mol. The second-order valence-corrected chi connectivity index (χ2v) is 5.44. The zero-order valence-corrected chi connectivity index (χ0v) is 12.2. The molecule has 0 bridgehead atoms. The Hall–Kier alpha value is -1.85. The minimum atomic E-state index is -1.04. The number of rotatable bonds is 5. The van der Waals surface area contributed by atoms with Gasteiger partial charge in [0.2, 0.25) is 0 Å². The van der Waals surface area contributed by atoms with Gasteiger partial charge in [0.15, 0.2) is 0 Å². The van der Waals surface area contributed by atoms with Crippen molar-refractivity contribution in [3.63, 3.8) is 0 Å². The van der Waals surface area contributed by atoms with E-state index >= 15 is 0 Å². The maximum atomic E-state index is 10.6. The number of hydrogen-bond acceptors (Lipinski definition) is 4. The molecule has 2 aromatic rings. The van der Waals surface area contributed by atoms with Crippen LogP contribution in [0.5, 0.6) is 5.75 Å². The molecule has 1 N–H and O–H groups in total. The molecule has 1 heterocycles. The lowest BCUT2D eigenvalue weighted by atomic mass is 10.2. The topological polar surface area (TPSA) is 59.4 Å². The molecular weight excluding hydrogens is 298 g/mol. The normalized spacial score (nSPS) is 10.9. The summed E-state index contributed by atoms with van der Waals surface area (Å²) in [6, 6.07) is 5.18. The molecule has 104 valence electrons. The van der Waals surface area contributed by atoms with Gasteiger partial charge in [0.25, 0.3) is 0 Å². The van der Waals surface area contributed by atoms with Crippen molar-refractivity contribution in [2.75, 3.05) is 0 Å². The van der Waals surface area contributed by atoms with Gasteiger partial charge in [-0.1, -0.05) is 17.7 Å². The Bertz CT molecular complexity index is 652. The van der Waals surface area contributed by atoms with Gasteiger partial charge in [0.1, 0.15) is 12.4 Å². The van der Waals surface area contributed by atoms with Crippen LogP contribution in [0, 0.1) is 6.92 Å². The van der Waals surface area contributed by atoms with E-state index in [0.29, 0.717) is 22.9 Å². The first-order valence-electron chi connectivity index (χ1n) is 5.79. The van der Waals surface area contributed by atoms with Gasteiger partial charge in [-0.05, 0) is 25.1 Å². The number of aryl methyl sites for hydroxylation is 1. The van der Waals surface area contributed by atoms with Gasteiger partial charge in [-0.2, -0.15) is 0 Å². The second-order valence-electron chi connectivity index (χ2n) is 3.97. The van der Waals surface area contributed by atoms with E-state index in [1.54, 1.807) is 29.5 Å². The van der Waals surface area contributed by atoms with Crippen molar-refractivity contribution >= 4 is 35.0 Å². The Morgan fingerprint density at radius 2 is 2.35 bits per heavy atom. The molecule has 0 aliphatic heterocycles. The summed E-state index contributed by atoms with van der Waals surface area (Å²) in [5.74, 6) is -0.508. The summed E-state index contributed by atoms with van der Waals surface area (Å²) in [7, 11) is 0. The van der Waals surface area contributed by atoms with E-state index in [-0.39, 0.29) is 0 Å². The maximum Gasteiger partial charge on any atom is 0.328 e. The van der Waals surface area contributed by atoms with Gasteiger partial charge in [0, 0.05) is 17.0 Å². The predicted molar refractivity (Wildman–Crippen MR) is 79.3 cm³/mol. The summed E-state index contributed by atoms with van der Waals surface area (Å²) < 4.78 is 5.67. The molecule has 2 rings (SSSR count). The standard InChI is InChI=1S/C14H12ClNO3S/c1-9-16-10(8-20-9)7-19-13-4-2-3-12(15)11(13)5-6-14(17)18/h2-6,8H,7H2,1H3,(H,17,18)/b6-5+. The first-order valence-corrected chi connectivity index (χ1v) is 7.05. The largest absolute Gasteiger partial charge is 0.487 e. The van der Waals surface area contributed by atoms with Crippen LogP contribution in [-0.4, -0.2) is 16.1 Å². The highest BCUT2D eigenvalue weighted by molar-refractivity contribution is 7.09. The quantitative estimate of drug-likeness (QED) is 0.854. The van der Waals surface area contributed by atoms with Crippen LogP contribution in [0.25, 0.3) is 6.08 Å². The summed E-state index contributed by atoms with van der Waals surface area (Å²) >= 11 is 7.61. The number of thiazole rings is 1. The van der Waals surface area contributed by atoms with E-state index in [4.69, 9.17) is 21.4 Å². The molecule has 0 radical (unpaired) electrons. The van der Waals surface area contributed by atoms with Crippen LogP contribution < -0.4 is 4.74 Å². The summed E-state index contributed by atoms with van der Waals surface area (Å²) in [5.41, 5.74) is 1.38. The molecule has 20 heavy (non-hydrogen) atoms. The minimum Gasteiger partial charge on any atom is -0.487 e. The second kappa shape index (κ2) is 6.54. The number of carboxylic acid groups (broad SMARTS) is 1. The Labute approximate surface area is 125 Å². The number of aromatic nitrogens is 1. The van der Waals surface area contributed by atoms with Crippen LogP contribution in [-0.2, 0) is 11.4 Å². The van der Waals surface area contributed by atoms with Crippen molar-refractivity contribution in [1.29, 1.82) is 0 Å². The lowest BCUT2D eigenvalue weighted by Crippen LogP contribution is -1.98. The molecule has 0 saturated heterocycles. The van der Waals surface area contributed by atoms with E-state index < -0.39 is 5.97 Å². The van der Waals surface area contributed by atoms with Crippen molar-refractivity contribution in [1.82, 2.24) is 4.98 Å². The number of halogens is 1. The molecule has 4 nitrogen and oxygen atoms in total. The Morgan fingerprint density at radius 3 is 3.00 bits per heavy atom. The first kappa shape index (κ1) is 14.6. The van der Waals surface area contributed by atoms with E-state index in [0.717, 1.165) is 16.8 Å². The van der Waals surface area contributed by atoms with Crippen molar-refractivity contribution < 1.29 is 14.6 Å². The Kier molecular flexibility index (Phi) is 4.76. The molecule has 6 heteroatoms. The number of benzene rings is 1. The van der Waals surface area contributed by atoms with Crippen molar-refractivity contribution in [2.24, 2.45) is 0 Å². The van der Waals surface area contributed by atoms with Crippen LogP contribution in [0.3, 0.4) is 0 Å². The van der Waals surface area contributed by atoms with Crippen molar-refractivity contribution in [2.45, 2.75) is 13.5 Å². The van der Waals surface area contributed by atoms with Crippen molar-refractivity contribution in [3.8, 4) is 5.75 Å². The van der Waals surface area contributed by atoms with Gasteiger partial charge in [-0.25, -0.2) is 9.78 Å². The molecule has 0 aliphatic rings. The lowest BCUT2D eigenvalue weighted by Gasteiger charge is -2.09. The van der Waals surface area contributed by atoms with Gasteiger partial charge in [-0.15, -0.1) is 11.3 Å². The van der Waals surface area contributed by atoms with Gasteiger partial charge < -0.3 is 9.84 Å². The van der Waals surface area contributed by atoms with Crippen LogP contribution in [0.15, 0.2) is 29.7 Å². The fourth-order valence-electron chi connectivity index (χ4n) is 1.59. The molecular formula is C14H12ClNO3S. The number of carbonyl (C=O) groups is 1. The summed E-state index contributed by atoms with van der Waals surface area (Å²) in [6.07, 6.45) is 2.45. The summed E-state index contributed by atoms with van der Waals surface area (Å²) in [6.45, 7) is 2.24. The molecule has 0 saturated carbocycles. The highest BCUT2D eigenvalue weighted by atomic mass is 35.5. The summed E-state index contributed by atoms with van der Waals surface area (Å²) in [5, 5.41) is 12.0. The minimum absolute atomic E-state index is 0.318. The highest BCUT2D eigenvalue weighted by Gasteiger charge is 2.07. The molecule has 0 unspecified atom stereocenters. The lowest BCUT2D eigenvalue weighted by molar-refractivity contribution is -0.131. The number of hydrogen-bond donors (Lipinski definition) is 1. The molecule has 0 fully saturated rings. The van der Waals surface area contributed by atoms with Crippen LogP contribution in [0.1, 0.15) is 16.3 Å². The van der Waals surface area contributed by atoms with Gasteiger partial charge in [-0.3, -0.25) is 0 Å². The van der Waals surface area contributed by atoms with E-state index in [1.165, 1.54) is 6.08 Å². The van der Waals surface area contributed by atoms with Crippen LogP contribution >= 0.6 is 22.9 Å². The zero-order valence-electron chi connectivity index (χ0n) is 10.7. The number of ether oxygens (including phenoxy) is 1. The van der Waals surface area contributed by atoms with Crippen LogP contribution in [0.4, 0.5) is 0 Å². The van der Waals surface area contributed by atoms with E-state index in [1.807, 2.05) is 12.3 Å². The number of carboxylic acids is 1. The smallest absolute Gasteiger partial charge is 0.328 e. The number of nitrogens with zero attached hydrogens (tertiary/aromatic N) is 1. The first-order chi connectivity index (χ1) is 9.56. The van der Waals surface area contributed by atoms with E-state index in [9.17, 15) is 4.79 Å². The Morgan fingerprint density at radius 1 is 1.55 bits per heavy atom. The third-order valence-corrected chi connectivity index (χ3v) is 3.60. The molecule has 0 aliphatic carbocycles. The number of aliphatic carboxylic acids is 1. The fourth-order valence-corrected chi connectivity index (χ4v) is 2.41.